The number of nitrogens with zero attached hydrogens (tertiary/aromatic N) is 3. The van der Waals surface area contributed by atoms with Gasteiger partial charge in [-0.1, -0.05) is 13.8 Å². The van der Waals surface area contributed by atoms with Crippen LogP contribution in [-0.2, 0) is 11.3 Å². The number of Topliss-reactive ketones (excluding diaryl/α,β-unsaturated/α-hetero) is 1. The summed E-state index contributed by atoms with van der Waals surface area (Å²) in [6, 6.07) is 0. The Morgan fingerprint density at radius 3 is 2.55 bits per heavy atom. The fourth-order valence-electron chi connectivity index (χ4n) is 2.38. The van der Waals surface area contributed by atoms with Gasteiger partial charge in [0.1, 0.15) is 5.69 Å². The molecule has 1 aromatic rings. The van der Waals surface area contributed by atoms with Crippen LogP contribution in [0.3, 0.4) is 0 Å². The number of rotatable bonds is 8. The average Bonchev–Trinajstić information content (AvgIpc) is 2.77. The van der Waals surface area contributed by atoms with E-state index in [1.165, 1.54) is 0 Å². The standard InChI is InChI=1S/C14H24BrN3O2/c1-6-17(7-2)14(3,4)13(19)12-11(15)10-16-18(12)8-9-20-5/h10H,6-9H2,1-5H3. The minimum atomic E-state index is -0.559. The van der Waals surface area contributed by atoms with Gasteiger partial charge in [0.15, 0.2) is 0 Å². The molecule has 0 radical (unpaired) electrons. The summed E-state index contributed by atoms with van der Waals surface area (Å²) in [6.07, 6.45) is 1.67. The van der Waals surface area contributed by atoms with E-state index in [4.69, 9.17) is 4.74 Å². The molecule has 0 aliphatic carbocycles. The van der Waals surface area contributed by atoms with Gasteiger partial charge in [-0.05, 0) is 42.9 Å². The molecule has 0 bridgehead atoms. The predicted octanol–water partition coefficient (Wildman–Crippen LogP) is 2.60. The number of likely N-dealkylation sites (N-methyl/N-ethyl adjacent to an activating group) is 1. The lowest BCUT2D eigenvalue weighted by molar-refractivity contribution is 0.0653. The highest BCUT2D eigenvalue weighted by molar-refractivity contribution is 9.10. The third kappa shape index (κ3) is 3.48. The fraction of sp³-hybridized carbons (Fsp3) is 0.714. The predicted molar refractivity (Wildman–Crippen MR) is 83.1 cm³/mol. The lowest BCUT2D eigenvalue weighted by Gasteiger charge is -2.35. The zero-order chi connectivity index (χ0) is 15.3. The summed E-state index contributed by atoms with van der Waals surface area (Å²) in [6.45, 7) is 10.8. The first-order chi connectivity index (χ1) is 9.39. The van der Waals surface area contributed by atoms with Crippen molar-refractivity contribution in [1.29, 1.82) is 0 Å². The van der Waals surface area contributed by atoms with Crippen LogP contribution in [0.4, 0.5) is 0 Å². The molecule has 1 heterocycles. The van der Waals surface area contributed by atoms with Crippen LogP contribution in [0.25, 0.3) is 0 Å². The van der Waals surface area contributed by atoms with Gasteiger partial charge >= 0.3 is 0 Å². The molecule has 0 N–H and O–H groups in total. The fourth-order valence-corrected chi connectivity index (χ4v) is 2.86. The second kappa shape index (κ2) is 7.33. The Hall–Kier alpha value is -0.720. The Bertz CT molecular complexity index is 453. The van der Waals surface area contributed by atoms with Gasteiger partial charge in [-0.3, -0.25) is 14.4 Å². The molecule has 0 aliphatic rings. The van der Waals surface area contributed by atoms with E-state index >= 15 is 0 Å². The monoisotopic (exact) mass is 345 g/mol. The molecule has 0 amide bonds. The van der Waals surface area contributed by atoms with Crippen LogP contribution in [0.1, 0.15) is 38.2 Å². The molecule has 0 spiro atoms. The highest BCUT2D eigenvalue weighted by Crippen LogP contribution is 2.25. The summed E-state index contributed by atoms with van der Waals surface area (Å²) in [5.41, 5.74) is 0.0515. The number of methoxy groups -OCH3 is 1. The van der Waals surface area contributed by atoms with Gasteiger partial charge in [-0.25, -0.2) is 0 Å². The normalized spacial score (nSPS) is 12.2. The zero-order valence-corrected chi connectivity index (χ0v) is 14.5. The van der Waals surface area contributed by atoms with Crippen molar-refractivity contribution in [1.82, 2.24) is 14.7 Å². The highest BCUT2D eigenvalue weighted by Gasteiger charge is 2.36. The number of ketones is 1. The van der Waals surface area contributed by atoms with Gasteiger partial charge in [-0.2, -0.15) is 5.10 Å². The van der Waals surface area contributed by atoms with Crippen LogP contribution < -0.4 is 0 Å². The second-order valence-electron chi connectivity index (χ2n) is 5.12. The molecule has 1 rings (SSSR count). The minimum absolute atomic E-state index is 0.0710. The van der Waals surface area contributed by atoms with E-state index in [0.717, 1.165) is 17.6 Å². The molecule has 0 aromatic carbocycles. The lowest BCUT2D eigenvalue weighted by Crippen LogP contribution is -2.50. The molecule has 0 fully saturated rings. The van der Waals surface area contributed by atoms with Crippen molar-refractivity contribution < 1.29 is 9.53 Å². The van der Waals surface area contributed by atoms with Gasteiger partial charge in [0.25, 0.3) is 0 Å². The Morgan fingerprint density at radius 1 is 1.45 bits per heavy atom. The van der Waals surface area contributed by atoms with Gasteiger partial charge in [0.2, 0.25) is 5.78 Å². The maximum Gasteiger partial charge on any atom is 0.201 e. The average molecular weight is 346 g/mol. The van der Waals surface area contributed by atoms with Gasteiger partial charge < -0.3 is 4.74 Å². The summed E-state index contributed by atoms with van der Waals surface area (Å²) in [4.78, 5) is 15.1. The maximum atomic E-state index is 12.9. The van der Waals surface area contributed by atoms with Gasteiger partial charge in [0.05, 0.1) is 29.4 Å². The van der Waals surface area contributed by atoms with E-state index in [9.17, 15) is 4.79 Å². The number of hydrogen-bond donors (Lipinski definition) is 0. The van der Waals surface area contributed by atoms with Crippen LogP contribution >= 0.6 is 15.9 Å². The van der Waals surface area contributed by atoms with Crippen LogP contribution in [0.15, 0.2) is 10.7 Å². The first-order valence-electron chi connectivity index (χ1n) is 6.90. The number of ether oxygens (including phenoxy) is 1. The summed E-state index contributed by atoms with van der Waals surface area (Å²) >= 11 is 3.43. The molecule has 0 atom stereocenters. The lowest BCUT2D eigenvalue weighted by atomic mass is 9.94. The minimum Gasteiger partial charge on any atom is -0.383 e. The van der Waals surface area contributed by atoms with Crippen molar-refractivity contribution in [3.05, 3.63) is 16.4 Å². The molecule has 114 valence electrons. The second-order valence-corrected chi connectivity index (χ2v) is 5.97. The first kappa shape index (κ1) is 17.3. The molecule has 0 saturated heterocycles. The summed E-state index contributed by atoms with van der Waals surface area (Å²) in [5, 5.41) is 4.25. The molecule has 0 aliphatic heterocycles. The van der Waals surface area contributed by atoms with E-state index in [-0.39, 0.29) is 5.78 Å². The third-order valence-corrected chi connectivity index (χ3v) is 4.21. The van der Waals surface area contributed by atoms with E-state index in [1.54, 1.807) is 18.0 Å². The van der Waals surface area contributed by atoms with Crippen LogP contribution in [0.5, 0.6) is 0 Å². The summed E-state index contributed by atoms with van der Waals surface area (Å²) in [5.74, 6) is 0.0710. The van der Waals surface area contributed by atoms with Gasteiger partial charge in [0, 0.05) is 7.11 Å². The van der Waals surface area contributed by atoms with Crippen molar-refractivity contribution in [2.24, 2.45) is 0 Å². The van der Waals surface area contributed by atoms with E-state index < -0.39 is 5.54 Å². The highest BCUT2D eigenvalue weighted by atomic mass is 79.9. The Morgan fingerprint density at radius 2 is 2.05 bits per heavy atom. The Balaban J connectivity index is 3.10. The number of halogens is 1. The van der Waals surface area contributed by atoms with Crippen LogP contribution in [-0.4, -0.2) is 52.8 Å². The molecule has 6 heteroatoms. The van der Waals surface area contributed by atoms with Crippen molar-refractivity contribution in [3.63, 3.8) is 0 Å². The molecule has 5 nitrogen and oxygen atoms in total. The SMILES string of the molecule is CCN(CC)C(C)(C)C(=O)c1c(Br)cnn1CCOC. The molecule has 0 unspecified atom stereocenters. The van der Waals surface area contributed by atoms with Crippen molar-refractivity contribution >= 4 is 21.7 Å². The molecule has 20 heavy (non-hydrogen) atoms. The van der Waals surface area contributed by atoms with E-state index in [0.29, 0.717) is 18.8 Å². The van der Waals surface area contributed by atoms with Crippen molar-refractivity contribution in [2.45, 2.75) is 39.8 Å². The summed E-state index contributed by atoms with van der Waals surface area (Å²) in [7, 11) is 1.64. The first-order valence-corrected chi connectivity index (χ1v) is 7.69. The third-order valence-electron chi connectivity index (χ3n) is 3.63. The molecular formula is C14H24BrN3O2. The van der Waals surface area contributed by atoms with Crippen LogP contribution in [0, 0.1) is 0 Å². The van der Waals surface area contributed by atoms with E-state index in [2.05, 4.69) is 39.8 Å². The Kier molecular flexibility index (Phi) is 6.36. The maximum absolute atomic E-state index is 12.9. The number of carbonyl (C=O) groups is 1. The number of hydrogen-bond acceptors (Lipinski definition) is 4. The van der Waals surface area contributed by atoms with Gasteiger partial charge in [-0.15, -0.1) is 0 Å². The zero-order valence-electron chi connectivity index (χ0n) is 12.9. The molecular weight excluding hydrogens is 322 g/mol. The Labute approximate surface area is 129 Å². The number of aromatic nitrogens is 2. The molecule has 0 saturated carbocycles. The summed E-state index contributed by atoms with van der Waals surface area (Å²) < 4.78 is 7.51. The quantitative estimate of drug-likeness (QED) is 0.679. The van der Waals surface area contributed by atoms with Crippen LogP contribution in [0.2, 0.25) is 0 Å². The van der Waals surface area contributed by atoms with E-state index in [1.807, 2.05) is 13.8 Å². The van der Waals surface area contributed by atoms with Crippen molar-refractivity contribution in [3.8, 4) is 0 Å². The van der Waals surface area contributed by atoms with Crippen molar-refractivity contribution in [2.75, 3.05) is 26.8 Å². The number of carbonyl (C=O) groups excluding carboxylic acids is 1. The smallest absolute Gasteiger partial charge is 0.201 e. The topological polar surface area (TPSA) is 47.4 Å². The molecule has 1 aromatic heterocycles. The largest absolute Gasteiger partial charge is 0.383 e.